The lowest BCUT2D eigenvalue weighted by molar-refractivity contribution is -0.145. The number of ether oxygens (including phenoxy) is 1. The van der Waals surface area contributed by atoms with E-state index in [1.807, 2.05) is 13.8 Å². The number of aliphatic hydroxyl groups is 2. The molecule has 0 radical (unpaired) electrons. The van der Waals surface area contributed by atoms with Crippen molar-refractivity contribution >= 4 is 17.5 Å². The third kappa shape index (κ3) is 3.86. The molecule has 2 fully saturated rings. The van der Waals surface area contributed by atoms with Crippen LogP contribution < -0.4 is 0 Å². The molecule has 0 aromatic heterocycles. The quantitative estimate of drug-likeness (QED) is 0.413. The van der Waals surface area contributed by atoms with Crippen molar-refractivity contribution in [3.05, 3.63) is 23.3 Å². The van der Waals surface area contributed by atoms with Gasteiger partial charge in [-0.05, 0) is 75.0 Å². The molecule has 0 amide bonds. The lowest BCUT2D eigenvalue weighted by atomic mass is 9.47. The first-order valence-electron chi connectivity index (χ1n) is 13.7. The molecule has 2 saturated carbocycles. The van der Waals surface area contributed by atoms with Gasteiger partial charge in [0.2, 0.25) is 0 Å². The molecule has 0 bridgehead atoms. The van der Waals surface area contributed by atoms with E-state index in [1.54, 1.807) is 6.92 Å². The highest BCUT2D eigenvalue weighted by molar-refractivity contribution is 6.12. The number of aliphatic hydroxyl groups excluding tert-OH is 2. The zero-order valence-corrected chi connectivity index (χ0v) is 22.8. The Morgan fingerprint density at radius 1 is 1.17 bits per heavy atom. The SMILES string of the molecule is C=C(CCC(C)C1CC[C@H]2C3=C(C(=O)[C@H](O)C12C)C1(C)CC[C@@H](O)[C@@H](C)C1CC3=O)C(C)C(=O)OC. The first-order chi connectivity index (χ1) is 16.8. The summed E-state index contributed by atoms with van der Waals surface area (Å²) in [4.78, 5) is 39.5. The van der Waals surface area contributed by atoms with Crippen LogP contribution in [-0.2, 0) is 19.1 Å². The topological polar surface area (TPSA) is 101 Å². The van der Waals surface area contributed by atoms with Crippen molar-refractivity contribution in [3.63, 3.8) is 0 Å². The van der Waals surface area contributed by atoms with E-state index in [2.05, 4.69) is 20.4 Å². The van der Waals surface area contributed by atoms with Gasteiger partial charge >= 0.3 is 5.97 Å². The van der Waals surface area contributed by atoms with Crippen molar-refractivity contribution in [1.29, 1.82) is 0 Å². The summed E-state index contributed by atoms with van der Waals surface area (Å²) < 4.78 is 4.85. The Balaban J connectivity index is 1.63. The molecule has 0 saturated heterocycles. The summed E-state index contributed by atoms with van der Waals surface area (Å²) >= 11 is 0. The molecular formula is C30H44O6. The maximum absolute atomic E-state index is 13.9. The maximum atomic E-state index is 13.9. The first-order valence-corrected chi connectivity index (χ1v) is 13.7. The van der Waals surface area contributed by atoms with Crippen molar-refractivity contribution in [1.82, 2.24) is 0 Å². The second-order valence-electron chi connectivity index (χ2n) is 12.7. The fraction of sp³-hybridized carbons (Fsp3) is 0.767. The molecular weight excluding hydrogens is 456 g/mol. The van der Waals surface area contributed by atoms with E-state index in [9.17, 15) is 24.6 Å². The van der Waals surface area contributed by atoms with Crippen LogP contribution in [0.2, 0.25) is 0 Å². The summed E-state index contributed by atoms with van der Waals surface area (Å²) in [6, 6.07) is 0. The zero-order valence-electron chi connectivity index (χ0n) is 22.8. The van der Waals surface area contributed by atoms with Gasteiger partial charge in [-0.15, -0.1) is 0 Å². The van der Waals surface area contributed by atoms with E-state index in [0.29, 0.717) is 36.8 Å². The molecule has 4 rings (SSSR count). The third-order valence-electron chi connectivity index (χ3n) is 11.1. The summed E-state index contributed by atoms with van der Waals surface area (Å²) in [6.07, 6.45) is 3.16. The van der Waals surface area contributed by atoms with E-state index in [4.69, 9.17) is 4.74 Å². The van der Waals surface area contributed by atoms with Crippen molar-refractivity contribution < 1.29 is 29.3 Å². The largest absolute Gasteiger partial charge is 0.469 e. The van der Waals surface area contributed by atoms with Gasteiger partial charge in [0.15, 0.2) is 11.6 Å². The molecule has 0 heterocycles. The Morgan fingerprint density at radius 2 is 1.83 bits per heavy atom. The number of ketones is 2. The van der Waals surface area contributed by atoms with E-state index < -0.39 is 23.0 Å². The van der Waals surface area contributed by atoms with Gasteiger partial charge in [-0.25, -0.2) is 0 Å². The molecule has 0 aromatic rings. The van der Waals surface area contributed by atoms with Crippen molar-refractivity contribution in [2.45, 2.75) is 91.8 Å². The Morgan fingerprint density at radius 3 is 2.47 bits per heavy atom. The predicted octanol–water partition coefficient (Wildman–Crippen LogP) is 4.43. The Hall–Kier alpha value is -1.79. The van der Waals surface area contributed by atoms with E-state index in [-0.39, 0.29) is 53.0 Å². The normalized spacial score (nSPS) is 41.8. The van der Waals surface area contributed by atoms with Gasteiger partial charge in [0.05, 0.1) is 19.1 Å². The smallest absolute Gasteiger partial charge is 0.312 e. The highest BCUT2D eigenvalue weighted by atomic mass is 16.5. The van der Waals surface area contributed by atoms with Gasteiger partial charge in [0, 0.05) is 28.4 Å². The van der Waals surface area contributed by atoms with Crippen LogP contribution in [-0.4, -0.2) is 47.1 Å². The van der Waals surface area contributed by atoms with Crippen LogP contribution in [0.3, 0.4) is 0 Å². The number of hydrogen-bond acceptors (Lipinski definition) is 6. The second kappa shape index (κ2) is 9.50. The van der Waals surface area contributed by atoms with Crippen molar-refractivity contribution in [3.8, 4) is 0 Å². The Labute approximate surface area is 215 Å². The minimum atomic E-state index is -1.14. The number of esters is 1. The molecule has 6 heteroatoms. The Bertz CT molecular complexity index is 995. The van der Waals surface area contributed by atoms with Gasteiger partial charge in [0.1, 0.15) is 6.10 Å². The highest BCUT2D eigenvalue weighted by Gasteiger charge is 2.65. The molecule has 4 aliphatic rings. The Kier molecular flexibility index (Phi) is 7.19. The number of carbonyl (C=O) groups excluding carboxylic acids is 3. The summed E-state index contributed by atoms with van der Waals surface area (Å²) in [5, 5.41) is 22.1. The van der Waals surface area contributed by atoms with Gasteiger partial charge in [-0.1, -0.05) is 39.8 Å². The summed E-state index contributed by atoms with van der Waals surface area (Å²) in [6.45, 7) is 14.1. The van der Waals surface area contributed by atoms with Gasteiger partial charge in [-0.2, -0.15) is 0 Å². The van der Waals surface area contributed by atoms with Crippen LogP contribution in [0.5, 0.6) is 0 Å². The minimum absolute atomic E-state index is 0.0403. The minimum Gasteiger partial charge on any atom is -0.469 e. The number of carbonyl (C=O) groups is 3. The molecule has 0 aromatic carbocycles. The summed E-state index contributed by atoms with van der Waals surface area (Å²) in [7, 11) is 1.38. The van der Waals surface area contributed by atoms with E-state index >= 15 is 0 Å². The molecule has 0 spiro atoms. The first kappa shape index (κ1) is 27.3. The van der Waals surface area contributed by atoms with E-state index in [1.165, 1.54) is 7.11 Å². The molecule has 6 unspecified atom stereocenters. The third-order valence-corrected chi connectivity index (χ3v) is 11.1. The van der Waals surface area contributed by atoms with Gasteiger partial charge < -0.3 is 14.9 Å². The number of methoxy groups -OCH3 is 1. The van der Waals surface area contributed by atoms with Crippen molar-refractivity contribution in [2.24, 2.45) is 46.3 Å². The molecule has 2 N–H and O–H groups in total. The average molecular weight is 501 g/mol. The highest BCUT2D eigenvalue weighted by Crippen LogP contribution is 2.65. The average Bonchev–Trinajstić information content (AvgIpc) is 3.21. The van der Waals surface area contributed by atoms with Crippen LogP contribution in [0.25, 0.3) is 0 Å². The number of Topliss-reactive ketones (excluding diaryl/α,β-unsaturated/α-hetero) is 2. The number of fused-ring (bicyclic) bond motifs is 4. The number of rotatable bonds is 6. The molecule has 36 heavy (non-hydrogen) atoms. The number of hydrogen-bond donors (Lipinski definition) is 2. The molecule has 0 aliphatic heterocycles. The second-order valence-corrected chi connectivity index (χ2v) is 12.7. The maximum Gasteiger partial charge on any atom is 0.312 e. The lowest BCUT2D eigenvalue weighted by Gasteiger charge is -2.56. The summed E-state index contributed by atoms with van der Waals surface area (Å²) in [5.74, 6) is -0.871. The zero-order chi connectivity index (χ0) is 26.7. The van der Waals surface area contributed by atoms with Gasteiger partial charge in [-0.3, -0.25) is 14.4 Å². The van der Waals surface area contributed by atoms with Crippen LogP contribution >= 0.6 is 0 Å². The van der Waals surface area contributed by atoms with Crippen LogP contribution in [0.4, 0.5) is 0 Å². The van der Waals surface area contributed by atoms with Crippen molar-refractivity contribution in [2.75, 3.05) is 7.11 Å². The van der Waals surface area contributed by atoms with Crippen LogP contribution in [0, 0.1) is 46.3 Å². The fourth-order valence-corrected chi connectivity index (χ4v) is 8.57. The number of allylic oxidation sites excluding steroid dienone is 1. The molecule has 4 aliphatic carbocycles. The molecule has 6 nitrogen and oxygen atoms in total. The predicted molar refractivity (Wildman–Crippen MR) is 137 cm³/mol. The van der Waals surface area contributed by atoms with Gasteiger partial charge in [0.25, 0.3) is 0 Å². The van der Waals surface area contributed by atoms with Crippen LogP contribution in [0.15, 0.2) is 23.3 Å². The molecule has 200 valence electrons. The monoisotopic (exact) mass is 500 g/mol. The van der Waals surface area contributed by atoms with E-state index in [0.717, 1.165) is 24.8 Å². The van der Waals surface area contributed by atoms with Crippen LogP contribution in [0.1, 0.15) is 79.6 Å². The fourth-order valence-electron chi connectivity index (χ4n) is 8.57. The summed E-state index contributed by atoms with van der Waals surface area (Å²) in [5.41, 5.74) is 0.920. The molecule has 10 atom stereocenters. The standard InChI is InChI=1S/C30H44O6/c1-15(17(3)28(35)36-7)8-9-16(2)19-10-11-20-24-23(32)14-21-18(4)22(31)12-13-29(21,5)25(24)26(33)27(34)30(19,20)6/h16-22,27,31,34H,1,8-14H2,2-7H3/t16?,17?,18-,19?,20-,21?,22+,27-,29?,30?/m0/s1. The lowest BCUT2D eigenvalue weighted by Crippen LogP contribution is -2.58.